The van der Waals surface area contributed by atoms with Crippen LogP contribution in [0.1, 0.15) is 24.3 Å². The van der Waals surface area contributed by atoms with Crippen LogP contribution < -0.4 is 10.6 Å². The highest BCUT2D eigenvalue weighted by molar-refractivity contribution is 7.89. The van der Waals surface area contributed by atoms with Gasteiger partial charge in [-0.3, -0.25) is 4.98 Å². The molecule has 2 unspecified atom stereocenters. The topological polar surface area (TPSA) is 173 Å². The van der Waals surface area contributed by atoms with Gasteiger partial charge in [0.2, 0.25) is 10.0 Å². The molecule has 0 radical (unpaired) electrons. The number of aliphatic hydroxyl groups excluding tert-OH is 1. The van der Waals surface area contributed by atoms with E-state index in [1.54, 1.807) is 11.7 Å². The van der Waals surface area contributed by atoms with Crippen LogP contribution >= 0.6 is 11.3 Å². The zero-order chi connectivity index (χ0) is 31.0. The highest BCUT2D eigenvalue weighted by Crippen LogP contribution is 2.26. The molecule has 230 valence electrons. The van der Waals surface area contributed by atoms with Gasteiger partial charge in [0, 0.05) is 25.4 Å². The number of alkyl carbamates (subject to hydrolysis) is 1. The number of benzene rings is 2. The van der Waals surface area contributed by atoms with E-state index in [1.807, 2.05) is 44.2 Å². The van der Waals surface area contributed by atoms with Crippen molar-refractivity contribution in [2.75, 3.05) is 25.5 Å². The Balaban J connectivity index is 1.55. The van der Waals surface area contributed by atoms with Gasteiger partial charge in [-0.25, -0.2) is 23.3 Å². The highest BCUT2D eigenvalue weighted by Gasteiger charge is 2.32. The van der Waals surface area contributed by atoms with Crippen molar-refractivity contribution in [3.8, 4) is 0 Å². The van der Waals surface area contributed by atoms with Crippen LogP contribution in [0, 0.1) is 5.92 Å². The van der Waals surface area contributed by atoms with Crippen LogP contribution in [0.15, 0.2) is 69.6 Å². The largest absolute Gasteiger partial charge is 0.453 e. The number of oxazole rings is 1. The highest BCUT2D eigenvalue weighted by atomic mass is 32.2. The van der Waals surface area contributed by atoms with Crippen molar-refractivity contribution < 1.29 is 37.0 Å². The maximum absolute atomic E-state index is 13.9. The summed E-state index contributed by atoms with van der Waals surface area (Å²) >= 11 is 1.34. The van der Waals surface area contributed by atoms with E-state index in [0.29, 0.717) is 5.52 Å². The van der Waals surface area contributed by atoms with Crippen LogP contribution in [-0.2, 0) is 32.5 Å². The minimum atomic E-state index is -4.15. The van der Waals surface area contributed by atoms with Crippen molar-refractivity contribution in [1.29, 1.82) is 0 Å². The first kappa shape index (κ1) is 31.9. The fraction of sp³-hybridized carbons (Fsp3) is 0.357. The van der Waals surface area contributed by atoms with Crippen LogP contribution in [0.3, 0.4) is 0 Å². The molecule has 0 bridgehead atoms. The lowest BCUT2D eigenvalue weighted by molar-refractivity contribution is 0.0876. The fourth-order valence-corrected chi connectivity index (χ4v) is 6.36. The van der Waals surface area contributed by atoms with E-state index in [4.69, 9.17) is 9.15 Å². The number of thiazole rings is 1. The van der Waals surface area contributed by atoms with Gasteiger partial charge < -0.3 is 24.3 Å². The quantitative estimate of drug-likeness (QED) is 0.196. The lowest BCUT2D eigenvalue weighted by Gasteiger charge is -2.30. The molecule has 2 atom stereocenters. The first-order chi connectivity index (χ1) is 20.5. The predicted octanol–water partition coefficient (Wildman–Crippen LogP) is 4.01. The predicted molar refractivity (Wildman–Crippen MR) is 159 cm³/mol. The fourth-order valence-electron chi connectivity index (χ4n) is 4.21. The van der Waals surface area contributed by atoms with Gasteiger partial charge in [0.1, 0.15) is 12.1 Å². The molecular weight excluding hydrogens is 598 g/mol. The van der Waals surface area contributed by atoms with Gasteiger partial charge in [-0.15, -0.1) is 11.3 Å². The zero-order valence-electron chi connectivity index (χ0n) is 23.8. The van der Waals surface area contributed by atoms with E-state index < -0.39 is 34.4 Å². The lowest BCUT2D eigenvalue weighted by Crippen LogP contribution is -2.51. The number of nitrogens with one attached hydrogen (secondary N) is 2. The van der Waals surface area contributed by atoms with Gasteiger partial charge in [0.05, 0.1) is 34.5 Å². The third-order valence-electron chi connectivity index (χ3n) is 6.25. The number of carbonyl (C=O) groups is 2. The van der Waals surface area contributed by atoms with E-state index in [1.165, 1.54) is 41.0 Å². The van der Waals surface area contributed by atoms with Crippen molar-refractivity contribution in [3.63, 3.8) is 0 Å². The average Bonchev–Trinajstić information content (AvgIpc) is 3.64. The zero-order valence-corrected chi connectivity index (χ0v) is 25.4. The van der Waals surface area contributed by atoms with Crippen molar-refractivity contribution in [2.24, 2.45) is 5.92 Å². The molecule has 4 rings (SSSR count). The number of amides is 2. The van der Waals surface area contributed by atoms with E-state index in [2.05, 4.69) is 25.3 Å². The van der Waals surface area contributed by atoms with Crippen LogP contribution in [0.25, 0.3) is 11.1 Å². The van der Waals surface area contributed by atoms with Gasteiger partial charge in [-0.2, -0.15) is 9.29 Å². The summed E-state index contributed by atoms with van der Waals surface area (Å²) in [6, 6.07) is 12.3. The summed E-state index contributed by atoms with van der Waals surface area (Å²) in [5, 5.41) is 16.4. The Kier molecular flexibility index (Phi) is 10.7. The number of hydrogen-bond acceptors (Lipinski definition) is 11. The van der Waals surface area contributed by atoms with Crippen molar-refractivity contribution >= 4 is 50.7 Å². The van der Waals surface area contributed by atoms with E-state index in [9.17, 15) is 23.1 Å². The number of aromatic nitrogens is 2. The maximum atomic E-state index is 13.9. The second-order valence-electron chi connectivity index (χ2n) is 10.0. The second-order valence-corrected chi connectivity index (χ2v) is 12.9. The average molecular weight is 632 g/mol. The summed E-state index contributed by atoms with van der Waals surface area (Å²) in [6.07, 6.45) is -1.01. The molecule has 0 aliphatic rings. The number of methoxy groups -OCH3 is 1. The third-order valence-corrected chi connectivity index (χ3v) is 8.83. The van der Waals surface area contributed by atoms with Gasteiger partial charge in [-0.1, -0.05) is 44.2 Å². The Morgan fingerprint density at radius 1 is 1.12 bits per heavy atom. The van der Waals surface area contributed by atoms with Gasteiger partial charge in [0.15, 0.2) is 5.58 Å². The first-order valence-corrected chi connectivity index (χ1v) is 15.7. The minimum absolute atomic E-state index is 0.0134. The number of sulfonamides is 1. The van der Waals surface area contributed by atoms with Crippen LogP contribution in [0.2, 0.25) is 0 Å². The molecule has 2 amide bonds. The number of rotatable bonds is 13. The number of ether oxygens (including phenoxy) is 2. The molecule has 15 heteroatoms. The summed E-state index contributed by atoms with van der Waals surface area (Å²) in [5.74, 6) is -0.0863. The molecule has 0 fully saturated rings. The van der Waals surface area contributed by atoms with Crippen molar-refractivity contribution in [3.05, 3.63) is 70.7 Å². The van der Waals surface area contributed by atoms with Crippen LogP contribution in [0.4, 0.5) is 15.6 Å². The maximum Gasteiger partial charge on any atom is 0.414 e. The summed E-state index contributed by atoms with van der Waals surface area (Å²) in [5.41, 5.74) is 2.91. The van der Waals surface area contributed by atoms with Gasteiger partial charge >= 0.3 is 18.2 Å². The number of anilines is 1. The smallest absolute Gasteiger partial charge is 0.414 e. The molecule has 0 aliphatic heterocycles. The molecule has 2 aromatic heterocycles. The molecule has 43 heavy (non-hydrogen) atoms. The number of nitrogens with zero attached hydrogens (tertiary/aromatic N) is 3. The molecule has 2 heterocycles. The Labute approximate surface area is 252 Å². The summed E-state index contributed by atoms with van der Waals surface area (Å²) < 4.78 is 44.2. The summed E-state index contributed by atoms with van der Waals surface area (Å²) in [4.78, 5) is 32.9. The molecule has 13 nitrogen and oxygen atoms in total. The normalized spacial score (nSPS) is 13.2. The molecular formula is C28H33N5O8S2. The molecule has 4 aromatic rings. The number of hydrogen-bond donors (Lipinski definition) is 3. The van der Waals surface area contributed by atoms with E-state index >= 15 is 0 Å². The molecule has 0 spiro atoms. The number of aliphatic hydroxyl groups is 1. The minimum Gasteiger partial charge on any atom is -0.453 e. The monoisotopic (exact) mass is 631 g/mol. The molecule has 3 N–H and O–H groups in total. The van der Waals surface area contributed by atoms with Crippen molar-refractivity contribution in [2.45, 2.75) is 43.9 Å². The number of fused-ring (bicyclic) bond motifs is 1. The Morgan fingerprint density at radius 3 is 2.56 bits per heavy atom. The van der Waals surface area contributed by atoms with Crippen LogP contribution in [-0.4, -0.2) is 72.3 Å². The molecule has 2 aromatic carbocycles. The van der Waals surface area contributed by atoms with Gasteiger partial charge in [-0.05, 0) is 30.0 Å². The molecule has 0 saturated carbocycles. The molecule has 0 saturated heterocycles. The Bertz CT molecular complexity index is 1610. The van der Waals surface area contributed by atoms with Crippen molar-refractivity contribution in [1.82, 2.24) is 19.6 Å². The first-order valence-electron chi connectivity index (χ1n) is 13.3. The standard InChI is InChI=1S/C28H33N5O8S2/c1-18(2)14-33(43(37,38)21-9-10-22-25(12-21)41-26(30-22)32-27(35)39-3)15-24(34)23(11-19-7-5-4-6-8-19)31-28(36)40-16-20-13-29-17-42-20/h4-10,12-13,17-18,23-24,34H,11,14-16H2,1-3H3,(H,31,36)(H,30,32,35). The third kappa shape index (κ3) is 8.73. The Hall–Kier alpha value is -4.05. The second kappa shape index (κ2) is 14.4. The van der Waals surface area contributed by atoms with Crippen LogP contribution in [0.5, 0.6) is 0 Å². The Morgan fingerprint density at radius 2 is 1.88 bits per heavy atom. The van der Waals surface area contributed by atoms with E-state index in [0.717, 1.165) is 10.4 Å². The molecule has 0 aliphatic carbocycles. The van der Waals surface area contributed by atoms with Gasteiger partial charge in [0.25, 0.3) is 0 Å². The SMILES string of the molecule is COC(=O)Nc1nc2ccc(S(=O)(=O)N(CC(C)C)CC(O)C(Cc3ccccc3)NC(=O)OCc3cncs3)cc2o1. The van der Waals surface area contributed by atoms with E-state index in [-0.39, 0.29) is 48.5 Å². The lowest BCUT2D eigenvalue weighted by atomic mass is 10.0. The summed E-state index contributed by atoms with van der Waals surface area (Å²) in [7, 11) is -2.97. The summed E-state index contributed by atoms with van der Waals surface area (Å²) in [6.45, 7) is 3.51. The number of carbonyl (C=O) groups excluding carboxylic acids is 2.